The van der Waals surface area contributed by atoms with Crippen LogP contribution < -0.4 is 4.72 Å². The lowest BCUT2D eigenvalue weighted by Gasteiger charge is -2.08. The maximum Gasteiger partial charge on any atom is 0.232 e. The number of benzene rings is 1. The minimum absolute atomic E-state index is 0.0684. The summed E-state index contributed by atoms with van der Waals surface area (Å²) in [5.41, 5.74) is -0.165. The van der Waals surface area contributed by atoms with Crippen LogP contribution in [0.1, 0.15) is 12.8 Å². The van der Waals surface area contributed by atoms with Gasteiger partial charge in [-0.25, -0.2) is 12.8 Å². The summed E-state index contributed by atoms with van der Waals surface area (Å²) in [4.78, 5) is 0. The van der Waals surface area contributed by atoms with Crippen molar-refractivity contribution in [3.05, 3.63) is 29.0 Å². The number of hydrogen-bond donors (Lipinski definition) is 2. The maximum atomic E-state index is 13.3. The number of nitrogens with one attached hydrogen (secondary N) is 1. The Morgan fingerprint density at radius 1 is 1.35 bits per heavy atom. The van der Waals surface area contributed by atoms with E-state index in [-0.39, 0.29) is 23.1 Å². The van der Waals surface area contributed by atoms with Crippen LogP contribution in [-0.4, -0.2) is 25.9 Å². The standard InChI is InChI=1S/C10H13ClFNO3S/c11-8-3-4-9(12)10(7-8)13-17(15,16)6-2-1-5-14/h3-4,7,13-14H,1-2,5-6H2. The molecular formula is C10H13ClFNO3S. The number of halogens is 2. The molecule has 0 aliphatic rings. The van der Waals surface area contributed by atoms with Crippen molar-refractivity contribution in [3.8, 4) is 0 Å². The van der Waals surface area contributed by atoms with E-state index in [1.807, 2.05) is 0 Å². The summed E-state index contributed by atoms with van der Waals surface area (Å²) in [7, 11) is -3.61. The zero-order valence-corrected chi connectivity index (χ0v) is 10.6. The highest BCUT2D eigenvalue weighted by Crippen LogP contribution is 2.20. The predicted octanol–water partition coefficient (Wildman–Crippen LogP) is 1.99. The van der Waals surface area contributed by atoms with Crippen LogP contribution in [-0.2, 0) is 10.0 Å². The number of sulfonamides is 1. The van der Waals surface area contributed by atoms with Crippen molar-refractivity contribution >= 4 is 27.3 Å². The predicted molar refractivity (Wildman–Crippen MR) is 65.1 cm³/mol. The van der Waals surface area contributed by atoms with Gasteiger partial charge in [-0.05, 0) is 31.0 Å². The van der Waals surface area contributed by atoms with Crippen molar-refractivity contribution in [2.75, 3.05) is 17.1 Å². The molecule has 1 aromatic rings. The molecule has 1 aromatic carbocycles. The smallest absolute Gasteiger partial charge is 0.232 e. The Kier molecular flexibility index (Phi) is 5.17. The SMILES string of the molecule is O=S(=O)(CCCCO)Nc1cc(Cl)ccc1F. The fraction of sp³-hybridized carbons (Fsp3) is 0.400. The van der Waals surface area contributed by atoms with Crippen LogP contribution in [0.5, 0.6) is 0 Å². The van der Waals surface area contributed by atoms with E-state index in [1.54, 1.807) is 0 Å². The Bertz CT molecular complexity index is 478. The third-order valence-corrected chi connectivity index (χ3v) is 3.61. The molecule has 0 unspecified atom stereocenters. The van der Waals surface area contributed by atoms with Gasteiger partial charge < -0.3 is 5.11 Å². The first kappa shape index (κ1) is 14.2. The molecule has 0 radical (unpaired) electrons. The Balaban J connectivity index is 2.72. The summed E-state index contributed by atoms with van der Waals surface area (Å²) in [6, 6.07) is 3.63. The lowest BCUT2D eigenvalue weighted by atomic mass is 10.3. The molecule has 0 amide bonds. The minimum Gasteiger partial charge on any atom is -0.396 e. The number of rotatable bonds is 6. The summed E-state index contributed by atoms with van der Waals surface area (Å²) in [6.45, 7) is -0.0684. The van der Waals surface area contributed by atoms with Crippen molar-refractivity contribution in [1.29, 1.82) is 0 Å². The van der Waals surface area contributed by atoms with Crippen LogP contribution in [0.15, 0.2) is 18.2 Å². The van der Waals surface area contributed by atoms with E-state index in [9.17, 15) is 12.8 Å². The number of unbranched alkanes of at least 4 members (excludes halogenated alkanes) is 1. The highest BCUT2D eigenvalue weighted by Gasteiger charge is 2.13. The van der Waals surface area contributed by atoms with Crippen molar-refractivity contribution in [2.45, 2.75) is 12.8 Å². The molecule has 17 heavy (non-hydrogen) atoms. The van der Waals surface area contributed by atoms with Crippen LogP contribution in [0, 0.1) is 5.82 Å². The van der Waals surface area contributed by atoms with Gasteiger partial charge in [-0.1, -0.05) is 11.6 Å². The largest absolute Gasteiger partial charge is 0.396 e. The molecule has 96 valence electrons. The molecular weight excluding hydrogens is 269 g/mol. The average Bonchev–Trinajstić information content (AvgIpc) is 2.23. The van der Waals surface area contributed by atoms with Gasteiger partial charge in [0.1, 0.15) is 5.82 Å². The van der Waals surface area contributed by atoms with E-state index in [0.29, 0.717) is 12.8 Å². The van der Waals surface area contributed by atoms with Crippen LogP contribution in [0.25, 0.3) is 0 Å². The summed E-state index contributed by atoms with van der Waals surface area (Å²) in [5, 5.41) is 8.79. The fourth-order valence-corrected chi connectivity index (χ4v) is 2.55. The molecule has 0 fully saturated rings. The molecule has 0 bridgehead atoms. The third kappa shape index (κ3) is 4.89. The monoisotopic (exact) mass is 281 g/mol. The van der Waals surface area contributed by atoms with Crippen molar-refractivity contribution < 1.29 is 17.9 Å². The fourth-order valence-electron chi connectivity index (χ4n) is 1.20. The zero-order chi connectivity index (χ0) is 12.9. The molecule has 4 nitrogen and oxygen atoms in total. The normalized spacial score (nSPS) is 11.5. The number of aliphatic hydroxyl groups is 1. The first-order valence-electron chi connectivity index (χ1n) is 5.01. The van der Waals surface area contributed by atoms with E-state index in [1.165, 1.54) is 12.1 Å². The highest BCUT2D eigenvalue weighted by atomic mass is 35.5. The molecule has 7 heteroatoms. The molecule has 0 heterocycles. The number of anilines is 1. The Morgan fingerprint density at radius 3 is 2.71 bits per heavy atom. The van der Waals surface area contributed by atoms with Crippen molar-refractivity contribution in [3.63, 3.8) is 0 Å². The lowest BCUT2D eigenvalue weighted by Crippen LogP contribution is -2.17. The maximum absolute atomic E-state index is 13.3. The number of aliphatic hydroxyl groups excluding tert-OH is 1. The summed E-state index contributed by atoms with van der Waals surface area (Å²) in [6.07, 6.45) is 0.701. The molecule has 0 saturated carbocycles. The molecule has 0 aliphatic heterocycles. The van der Waals surface area contributed by atoms with Crippen LogP contribution in [0.3, 0.4) is 0 Å². The van der Waals surface area contributed by atoms with E-state index in [2.05, 4.69) is 4.72 Å². The lowest BCUT2D eigenvalue weighted by molar-refractivity contribution is 0.287. The minimum atomic E-state index is -3.61. The van der Waals surface area contributed by atoms with E-state index in [4.69, 9.17) is 16.7 Å². The van der Waals surface area contributed by atoms with Gasteiger partial charge in [0.05, 0.1) is 11.4 Å². The van der Waals surface area contributed by atoms with Crippen molar-refractivity contribution in [2.24, 2.45) is 0 Å². The molecule has 1 rings (SSSR count). The van der Waals surface area contributed by atoms with E-state index in [0.717, 1.165) is 6.07 Å². The first-order chi connectivity index (χ1) is 7.94. The quantitative estimate of drug-likeness (QED) is 0.784. The highest BCUT2D eigenvalue weighted by molar-refractivity contribution is 7.92. The summed E-state index contributed by atoms with van der Waals surface area (Å²) in [5.74, 6) is -0.848. The molecule has 2 N–H and O–H groups in total. The van der Waals surface area contributed by atoms with Gasteiger partial charge in [-0.2, -0.15) is 0 Å². The molecule has 0 saturated heterocycles. The van der Waals surface area contributed by atoms with Gasteiger partial charge in [0.15, 0.2) is 0 Å². The van der Waals surface area contributed by atoms with Gasteiger partial charge >= 0.3 is 0 Å². The topological polar surface area (TPSA) is 66.4 Å². The molecule has 0 atom stereocenters. The summed E-state index contributed by atoms with van der Waals surface area (Å²) >= 11 is 5.64. The van der Waals surface area contributed by atoms with Gasteiger partial charge in [0.25, 0.3) is 0 Å². The van der Waals surface area contributed by atoms with Gasteiger partial charge in [0.2, 0.25) is 10.0 Å². The van der Waals surface area contributed by atoms with Crippen molar-refractivity contribution in [1.82, 2.24) is 0 Å². The van der Waals surface area contributed by atoms with Gasteiger partial charge in [0, 0.05) is 11.6 Å². The molecule has 0 aromatic heterocycles. The Labute approximate surface area is 104 Å². The number of hydrogen-bond acceptors (Lipinski definition) is 3. The molecule has 0 spiro atoms. The van der Waals surface area contributed by atoms with Gasteiger partial charge in [-0.15, -0.1) is 0 Å². The first-order valence-corrected chi connectivity index (χ1v) is 7.04. The van der Waals surface area contributed by atoms with Gasteiger partial charge in [-0.3, -0.25) is 4.72 Å². The third-order valence-electron chi connectivity index (χ3n) is 2.02. The Morgan fingerprint density at radius 2 is 2.06 bits per heavy atom. The Hall–Kier alpha value is -0.850. The van der Waals surface area contributed by atoms with Crippen LogP contribution >= 0.6 is 11.6 Å². The second-order valence-electron chi connectivity index (χ2n) is 3.48. The van der Waals surface area contributed by atoms with E-state index >= 15 is 0 Å². The molecule has 0 aliphatic carbocycles. The zero-order valence-electron chi connectivity index (χ0n) is 8.99. The van der Waals surface area contributed by atoms with E-state index < -0.39 is 15.8 Å². The van der Waals surface area contributed by atoms with Crippen LogP contribution in [0.4, 0.5) is 10.1 Å². The second-order valence-corrected chi connectivity index (χ2v) is 5.75. The van der Waals surface area contributed by atoms with Crippen LogP contribution in [0.2, 0.25) is 5.02 Å². The second kappa shape index (κ2) is 6.18. The average molecular weight is 282 g/mol. The summed E-state index contributed by atoms with van der Waals surface area (Å²) < 4.78 is 38.5.